The van der Waals surface area contributed by atoms with Gasteiger partial charge in [-0.1, -0.05) is 13.8 Å². The summed E-state index contributed by atoms with van der Waals surface area (Å²) in [5.41, 5.74) is 0.132. The van der Waals surface area contributed by atoms with Crippen molar-refractivity contribution in [1.82, 2.24) is 5.32 Å². The average Bonchev–Trinajstić information content (AvgIpc) is 2.60. The van der Waals surface area contributed by atoms with Gasteiger partial charge in [0.2, 0.25) is 0 Å². The molecule has 1 unspecified atom stereocenters. The first-order chi connectivity index (χ1) is 6.20. The second-order valence-corrected chi connectivity index (χ2v) is 3.78. The van der Waals surface area contributed by atoms with Crippen molar-refractivity contribution >= 4 is 5.97 Å². The molecule has 1 aliphatic heterocycles. The van der Waals surface area contributed by atoms with Crippen molar-refractivity contribution in [1.29, 1.82) is 0 Å². The molecule has 0 aromatic carbocycles. The minimum atomic E-state index is -0.0614. The molecule has 0 spiro atoms. The van der Waals surface area contributed by atoms with E-state index in [1.807, 2.05) is 0 Å². The van der Waals surface area contributed by atoms with E-state index in [0.29, 0.717) is 0 Å². The number of methoxy groups -OCH3 is 1. The first-order valence-corrected chi connectivity index (χ1v) is 4.98. The molecule has 1 N–H and O–H groups in total. The van der Waals surface area contributed by atoms with Gasteiger partial charge in [0.25, 0.3) is 0 Å². The van der Waals surface area contributed by atoms with Gasteiger partial charge in [-0.25, -0.2) is 0 Å². The Morgan fingerprint density at radius 2 is 2.15 bits per heavy atom. The van der Waals surface area contributed by atoms with E-state index < -0.39 is 0 Å². The number of hydrogen-bond donors (Lipinski definition) is 1. The topological polar surface area (TPSA) is 38.3 Å². The molecular weight excluding hydrogens is 166 g/mol. The number of nitrogens with one attached hydrogen (secondary N) is 1. The fraction of sp³-hybridized carbons (Fsp3) is 0.900. The number of hydrogen-bond acceptors (Lipinski definition) is 3. The van der Waals surface area contributed by atoms with Crippen LogP contribution in [0, 0.1) is 11.3 Å². The molecule has 0 saturated carbocycles. The van der Waals surface area contributed by atoms with Crippen molar-refractivity contribution in [3.63, 3.8) is 0 Å². The number of carbonyl (C=O) groups is 1. The molecule has 1 fully saturated rings. The van der Waals surface area contributed by atoms with Gasteiger partial charge in [0.05, 0.1) is 13.0 Å². The minimum Gasteiger partial charge on any atom is -0.469 e. The van der Waals surface area contributed by atoms with E-state index in [9.17, 15) is 4.79 Å². The van der Waals surface area contributed by atoms with E-state index in [1.165, 1.54) is 7.11 Å². The quantitative estimate of drug-likeness (QED) is 0.671. The first kappa shape index (κ1) is 10.5. The van der Waals surface area contributed by atoms with Gasteiger partial charge in [0.15, 0.2) is 0 Å². The third-order valence-corrected chi connectivity index (χ3v) is 3.46. The zero-order valence-corrected chi connectivity index (χ0v) is 8.72. The van der Waals surface area contributed by atoms with Crippen molar-refractivity contribution in [2.75, 3.05) is 20.2 Å². The van der Waals surface area contributed by atoms with Crippen LogP contribution in [0.2, 0.25) is 0 Å². The Balaban J connectivity index is 2.77. The summed E-state index contributed by atoms with van der Waals surface area (Å²) in [5.74, 6) is -0.0128. The predicted molar refractivity (Wildman–Crippen MR) is 51.4 cm³/mol. The Labute approximate surface area is 79.8 Å². The molecule has 0 aromatic heterocycles. The molecule has 0 bridgehead atoms. The molecule has 3 nitrogen and oxygen atoms in total. The number of ether oxygens (including phenoxy) is 1. The fourth-order valence-electron chi connectivity index (χ4n) is 2.27. The van der Waals surface area contributed by atoms with E-state index in [4.69, 9.17) is 4.74 Å². The maximum atomic E-state index is 11.5. The minimum absolute atomic E-state index is 0.0486. The molecule has 0 amide bonds. The van der Waals surface area contributed by atoms with Crippen molar-refractivity contribution < 1.29 is 9.53 Å². The summed E-state index contributed by atoms with van der Waals surface area (Å²) < 4.78 is 4.81. The lowest BCUT2D eigenvalue weighted by Gasteiger charge is -2.30. The maximum absolute atomic E-state index is 11.5. The molecule has 1 heterocycles. The lowest BCUT2D eigenvalue weighted by molar-refractivity contribution is -0.148. The van der Waals surface area contributed by atoms with Crippen molar-refractivity contribution in [2.45, 2.75) is 26.7 Å². The highest BCUT2D eigenvalue weighted by molar-refractivity contribution is 5.74. The Bertz CT molecular complexity index is 187. The largest absolute Gasteiger partial charge is 0.469 e. The van der Waals surface area contributed by atoms with Gasteiger partial charge >= 0.3 is 5.97 Å². The normalized spacial score (nSPS) is 25.9. The standard InChI is InChI=1S/C10H19NO2/c1-4-10(5-2)7-11-6-8(10)9(12)13-3/h8,11H,4-7H2,1-3H3. The Hall–Kier alpha value is -0.570. The third kappa shape index (κ3) is 1.70. The van der Waals surface area contributed by atoms with Crippen LogP contribution in [0.3, 0.4) is 0 Å². The molecule has 1 rings (SSSR count). The highest BCUT2D eigenvalue weighted by Crippen LogP contribution is 2.38. The van der Waals surface area contributed by atoms with Crippen LogP contribution < -0.4 is 5.32 Å². The lowest BCUT2D eigenvalue weighted by Crippen LogP contribution is -2.34. The van der Waals surface area contributed by atoms with Crippen molar-refractivity contribution in [3.8, 4) is 0 Å². The SMILES string of the molecule is CCC1(CC)CNCC1C(=O)OC. The van der Waals surface area contributed by atoms with Gasteiger partial charge in [0, 0.05) is 13.1 Å². The summed E-state index contributed by atoms with van der Waals surface area (Å²) in [6, 6.07) is 0. The summed E-state index contributed by atoms with van der Waals surface area (Å²) >= 11 is 0. The van der Waals surface area contributed by atoms with Crippen LogP contribution in [0.15, 0.2) is 0 Å². The highest BCUT2D eigenvalue weighted by Gasteiger charge is 2.44. The smallest absolute Gasteiger partial charge is 0.310 e. The van der Waals surface area contributed by atoms with Gasteiger partial charge < -0.3 is 10.1 Å². The second-order valence-electron chi connectivity index (χ2n) is 3.78. The molecule has 0 aromatic rings. The van der Waals surface area contributed by atoms with Crippen molar-refractivity contribution in [2.24, 2.45) is 11.3 Å². The van der Waals surface area contributed by atoms with Gasteiger partial charge in [0.1, 0.15) is 0 Å². The Morgan fingerprint density at radius 3 is 2.62 bits per heavy atom. The van der Waals surface area contributed by atoms with Crippen LogP contribution in [0.5, 0.6) is 0 Å². The van der Waals surface area contributed by atoms with Gasteiger partial charge in [-0.05, 0) is 18.3 Å². The van der Waals surface area contributed by atoms with Crippen LogP contribution in [0.1, 0.15) is 26.7 Å². The molecule has 13 heavy (non-hydrogen) atoms. The number of rotatable bonds is 3. The van der Waals surface area contributed by atoms with Gasteiger partial charge in [-0.3, -0.25) is 4.79 Å². The Kier molecular flexibility index (Phi) is 3.31. The summed E-state index contributed by atoms with van der Waals surface area (Å²) in [4.78, 5) is 11.5. The zero-order chi connectivity index (χ0) is 9.90. The summed E-state index contributed by atoms with van der Waals surface area (Å²) in [6.07, 6.45) is 2.08. The molecular formula is C10H19NO2. The zero-order valence-electron chi connectivity index (χ0n) is 8.72. The van der Waals surface area contributed by atoms with E-state index in [1.54, 1.807) is 0 Å². The summed E-state index contributed by atoms with van der Waals surface area (Å²) in [6.45, 7) is 6.01. The second kappa shape index (κ2) is 4.09. The van der Waals surface area contributed by atoms with Gasteiger partial charge in [-0.15, -0.1) is 0 Å². The molecule has 1 atom stereocenters. The van der Waals surface area contributed by atoms with Crippen LogP contribution in [-0.2, 0) is 9.53 Å². The molecule has 76 valence electrons. The van der Waals surface area contributed by atoms with Gasteiger partial charge in [-0.2, -0.15) is 0 Å². The molecule has 3 heteroatoms. The first-order valence-electron chi connectivity index (χ1n) is 4.98. The number of carbonyl (C=O) groups excluding carboxylic acids is 1. The average molecular weight is 185 g/mol. The van der Waals surface area contributed by atoms with E-state index in [2.05, 4.69) is 19.2 Å². The van der Waals surface area contributed by atoms with Crippen LogP contribution in [0.25, 0.3) is 0 Å². The lowest BCUT2D eigenvalue weighted by atomic mass is 9.74. The summed E-state index contributed by atoms with van der Waals surface area (Å²) in [7, 11) is 1.47. The molecule has 1 aliphatic rings. The van der Waals surface area contributed by atoms with E-state index in [0.717, 1.165) is 25.9 Å². The van der Waals surface area contributed by atoms with Crippen molar-refractivity contribution in [3.05, 3.63) is 0 Å². The van der Waals surface area contributed by atoms with E-state index >= 15 is 0 Å². The third-order valence-electron chi connectivity index (χ3n) is 3.46. The van der Waals surface area contributed by atoms with Crippen LogP contribution in [0.4, 0.5) is 0 Å². The fourth-order valence-corrected chi connectivity index (χ4v) is 2.27. The molecule has 0 radical (unpaired) electrons. The predicted octanol–water partition coefficient (Wildman–Crippen LogP) is 1.19. The Morgan fingerprint density at radius 1 is 1.54 bits per heavy atom. The maximum Gasteiger partial charge on any atom is 0.310 e. The van der Waals surface area contributed by atoms with Crippen LogP contribution in [-0.4, -0.2) is 26.2 Å². The molecule has 0 aliphatic carbocycles. The monoisotopic (exact) mass is 185 g/mol. The highest BCUT2D eigenvalue weighted by atomic mass is 16.5. The summed E-state index contributed by atoms with van der Waals surface area (Å²) in [5, 5.41) is 3.28. The number of esters is 1. The molecule has 1 saturated heterocycles. The van der Waals surface area contributed by atoms with Crippen LogP contribution >= 0.6 is 0 Å². The van der Waals surface area contributed by atoms with E-state index in [-0.39, 0.29) is 17.3 Å².